The molecule has 112 valence electrons. The van der Waals surface area contributed by atoms with Crippen molar-refractivity contribution in [3.8, 4) is 0 Å². The monoisotopic (exact) mass is 268 g/mol. The summed E-state index contributed by atoms with van der Waals surface area (Å²) in [5.74, 6) is 0. The van der Waals surface area contributed by atoms with E-state index >= 15 is 0 Å². The second-order valence-corrected chi connectivity index (χ2v) is 6.67. The highest BCUT2D eigenvalue weighted by Crippen LogP contribution is 2.46. The molecule has 4 atom stereocenters. The summed E-state index contributed by atoms with van der Waals surface area (Å²) in [6.07, 6.45) is 5.61. The molecule has 0 aromatic carbocycles. The van der Waals surface area contributed by atoms with Gasteiger partial charge < -0.3 is 15.0 Å². The molecule has 1 N–H and O–H groups in total. The summed E-state index contributed by atoms with van der Waals surface area (Å²) in [6.45, 7) is 13.8. The van der Waals surface area contributed by atoms with Crippen LogP contribution in [0, 0.1) is 5.41 Å². The maximum absolute atomic E-state index is 5.88. The Kier molecular flexibility index (Phi) is 5.27. The van der Waals surface area contributed by atoms with E-state index in [1.54, 1.807) is 0 Å². The molecular weight excluding hydrogens is 236 g/mol. The van der Waals surface area contributed by atoms with Gasteiger partial charge in [-0.1, -0.05) is 13.8 Å². The van der Waals surface area contributed by atoms with Crippen molar-refractivity contribution >= 4 is 0 Å². The molecule has 2 rings (SSSR count). The van der Waals surface area contributed by atoms with Crippen molar-refractivity contribution in [3.63, 3.8) is 0 Å². The lowest BCUT2D eigenvalue weighted by Gasteiger charge is -2.54. The minimum Gasteiger partial charge on any atom is -0.378 e. The quantitative estimate of drug-likeness (QED) is 0.768. The highest BCUT2D eigenvalue weighted by molar-refractivity contribution is 5.05. The topological polar surface area (TPSA) is 24.5 Å². The van der Waals surface area contributed by atoms with Gasteiger partial charge in [-0.2, -0.15) is 0 Å². The molecule has 3 nitrogen and oxygen atoms in total. The molecule has 1 saturated carbocycles. The first kappa shape index (κ1) is 15.3. The third-order valence-corrected chi connectivity index (χ3v) is 5.33. The molecular formula is C16H32N2O. The Balaban J connectivity index is 1.78. The van der Waals surface area contributed by atoms with Crippen LogP contribution in [-0.4, -0.2) is 49.3 Å². The van der Waals surface area contributed by atoms with Crippen molar-refractivity contribution < 1.29 is 4.74 Å². The predicted molar refractivity (Wildman–Crippen MR) is 80.5 cm³/mol. The van der Waals surface area contributed by atoms with E-state index in [1.165, 1.54) is 45.3 Å². The third kappa shape index (κ3) is 3.32. The fourth-order valence-corrected chi connectivity index (χ4v) is 3.76. The number of nitrogens with zero attached hydrogens (tertiary/aromatic N) is 1. The van der Waals surface area contributed by atoms with Gasteiger partial charge in [0.25, 0.3) is 0 Å². The van der Waals surface area contributed by atoms with Crippen LogP contribution in [-0.2, 0) is 4.74 Å². The standard InChI is InChI=1S/C16H32N2O/c1-5-16(4)14(11-15(16)19-6-2)17-13(3)12-18-9-7-8-10-18/h13-15,17H,5-12H2,1-4H3. The molecule has 0 radical (unpaired) electrons. The van der Waals surface area contributed by atoms with Crippen LogP contribution in [0.25, 0.3) is 0 Å². The Morgan fingerprint density at radius 3 is 2.58 bits per heavy atom. The van der Waals surface area contributed by atoms with Gasteiger partial charge in [-0.3, -0.25) is 0 Å². The van der Waals surface area contributed by atoms with Gasteiger partial charge in [-0.25, -0.2) is 0 Å². The smallest absolute Gasteiger partial charge is 0.0658 e. The lowest BCUT2D eigenvalue weighted by molar-refractivity contribution is -0.128. The molecule has 0 aromatic heterocycles. The molecule has 1 heterocycles. The Labute approximate surface area is 119 Å². The van der Waals surface area contributed by atoms with Gasteiger partial charge >= 0.3 is 0 Å². The van der Waals surface area contributed by atoms with E-state index in [0.717, 1.165) is 6.61 Å². The zero-order chi connectivity index (χ0) is 13.9. The summed E-state index contributed by atoms with van der Waals surface area (Å²) in [7, 11) is 0. The molecule has 4 unspecified atom stereocenters. The van der Waals surface area contributed by atoms with Gasteiger partial charge in [0.2, 0.25) is 0 Å². The normalized spacial score (nSPS) is 37.3. The van der Waals surface area contributed by atoms with Gasteiger partial charge in [-0.05, 0) is 52.6 Å². The fourth-order valence-electron chi connectivity index (χ4n) is 3.76. The van der Waals surface area contributed by atoms with Crippen LogP contribution in [0.1, 0.15) is 53.4 Å². The molecule has 2 aliphatic rings. The molecule has 0 spiro atoms. The Morgan fingerprint density at radius 1 is 1.32 bits per heavy atom. The van der Waals surface area contributed by atoms with E-state index < -0.39 is 0 Å². The second-order valence-electron chi connectivity index (χ2n) is 6.67. The summed E-state index contributed by atoms with van der Waals surface area (Å²) in [5.41, 5.74) is 0.329. The number of ether oxygens (including phenoxy) is 1. The van der Waals surface area contributed by atoms with Crippen molar-refractivity contribution in [2.45, 2.75) is 71.6 Å². The van der Waals surface area contributed by atoms with E-state index in [2.05, 4.69) is 37.9 Å². The number of likely N-dealkylation sites (tertiary alicyclic amines) is 1. The van der Waals surface area contributed by atoms with Crippen LogP contribution >= 0.6 is 0 Å². The van der Waals surface area contributed by atoms with Crippen molar-refractivity contribution in [1.82, 2.24) is 10.2 Å². The highest BCUT2D eigenvalue weighted by atomic mass is 16.5. The van der Waals surface area contributed by atoms with Crippen molar-refractivity contribution in [2.24, 2.45) is 5.41 Å². The highest BCUT2D eigenvalue weighted by Gasteiger charge is 2.51. The van der Waals surface area contributed by atoms with Crippen LogP contribution in [0.15, 0.2) is 0 Å². The predicted octanol–water partition coefficient (Wildman–Crippen LogP) is 2.65. The van der Waals surface area contributed by atoms with Crippen LogP contribution < -0.4 is 5.32 Å². The number of rotatable bonds is 7. The van der Waals surface area contributed by atoms with Crippen LogP contribution in [0.4, 0.5) is 0 Å². The Morgan fingerprint density at radius 2 is 2.00 bits per heavy atom. The number of hydrogen-bond donors (Lipinski definition) is 1. The Hall–Kier alpha value is -0.120. The molecule has 1 aliphatic carbocycles. The molecule has 0 aromatic rings. The maximum Gasteiger partial charge on any atom is 0.0658 e. The third-order valence-electron chi connectivity index (χ3n) is 5.33. The lowest BCUT2D eigenvalue weighted by Crippen LogP contribution is -2.64. The summed E-state index contributed by atoms with van der Waals surface area (Å²) >= 11 is 0. The molecule has 2 fully saturated rings. The summed E-state index contributed by atoms with van der Waals surface area (Å²) in [6, 6.07) is 1.23. The lowest BCUT2D eigenvalue weighted by atomic mass is 9.61. The molecule has 3 heteroatoms. The second kappa shape index (κ2) is 6.55. The van der Waals surface area contributed by atoms with E-state index in [0.29, 0.717) is 23.6 Å². The number of hydrogen-bond acceptors (Lipinski definition) is 3. The van der Waals surface area contributed by atoms with E-state index in [1.807, 2.05) is 0 Å². The van der Waals surface area contributed by atoms with Crippen LogP contribution in [0.5, 0.6) is 0 Å². The zero-order valence-corrected chi connectivity index (χ0v) is 13.2. The van der Waals surface area contributed by atoms with Gasteiger partial charge in [-0.15, -0.1) is 0 Å². The van der Waals surface area contributed by atoms with E-state index in [4.69, 9.17) is 4.74 Å². The van der Waals surface area contributed by atoms with Crippen molar-refractivity contribution in [1.29, 1.82) is 0 Å². The molecule has 0 bridgehead atoms. The van der Waals surface area contributed by atoms with Crippen molar-refractivity contribution in [2.75, 3.05) is 26.2 Å². The minimum absolute atomic E-state index is 0.329. The van der Waals surface area contributed by atoms with Gasteiger partial charge in [0, 0.05) is 30.7 Å². The Bertz CT molecular complexity index is 278. The minimum atomic E-state index is 0.329. The van der Waals surface area contributed by atoms with Gasteiger partial charge in [0.05, 0.1) is 6.10 Å². The zero-order valence-electron chi connectivity index (χ0n) is 13.2. The first-order valence-electron chi connectivity index (χ1n) is 8.20. The summed E-state index contributed by atoms with van der Waals surface area (Å²) in [4.78, 5) is 2.60. The van der Waals surface area contributed by atoms with E-state index in [9.17, 15) is 0 Å². The number of nitrogens with one attached hydrogen (secondary N) is 1. The SMILES string of the molecule is CCOC1CC(NC(C)CN2CCCC2)C1(C)CC. The fraction of sp³-hybridized carbons (Fsp3) is 1.00. The maximum atomic E-state index is 5.88. The van der Waals surface area contributed by atoms with E-state index in [-0.39, 0.29) is 0 Å². The van der Waals surface area contributed by atoms with Crippen LogP contribution in [0.3, 0.4) is 0 Å². The van der Waals surface area contributed by atoms with Crippen LogP contribution in [0.2, 0.25) is 0 Å². The van der Waals surface area contributed by atoms with Gasteiger partial charge in [0.1, 0.15) is 0 Å². The average Bonchev–Trinajstić information content (AvgIpc) is 2.89. The molecule has 1 saturated heterocycles. The largest absolute Gasteiger partial charge is 0.378 e. The average molecular weight is 268 g/mol. The summed E-state index contributed by atoms with van der Waals surface area (Å²) in [5, 5.41) is 3.85. The molecule has 19 heavy (non-hydrogen) atoms. The molecule has 1 aliphatic heterocycles. The van der Waals surface area contributed by atoms with Gasteiger partial charge in [0.15, 0.2) is 0 Å². The molecule has 0 amide bonds. The van der Waals surface area contributed by atoms with Crippen molar-refractivity contribution in [3.05, 3.63) is 0 Å². The summed E-state index contributed by atoms with van der Waals surface area (Å²) < 4.78 is 5.88. The first-order valence-corrected chi connectivity index (χ1v) is 8.20. The first-order chi connectivity index (χ1) is 9.10.